The number of carbonyl (C=O) groups excluding carboxylic acids is 1. The summed E-state index contributed by atoms with van der Waals surface area (Å²) in [7, 11) is 0. The van der Waals surface area contributed by atoms with Crippen LogP contribution in [0.2, 0.25) is 0 Å². The lowest BCUT2D eigenvalue weighted by atomic mass is 10.0. The van der Waals surface area contributed by atoms with Gasteiger partial charge in [0.05, 0.1) is 23.4 Å². The van der Waals surface area contributed by atoms with Crippen LogP contribution in [0.5, 0.6) is 11.5 Å². The maximum Gasteiger partial charge on any atom is 0.337 e. The Morgan fingerprint density at radius 2 is 1.68 bits per heavy atom. The molecule has 3 aromatic rings. The van der Waals surface area contributed by atoms with Gasteiger partial charge in [0.15, 0.2) is 0 Å². The molecule has 0 aliphatic rings. The number of carboxylic acids is 1. The average molecular weight is 377 g/mol. The summed E-state index contributed by atoms with van der Waals surface area (Å²) < 4.78 is 5.36. The highest BCUT2D eigenvalue weighted by Gasteiger charge is 2.18. The van der Waals surface area contributed by atoms with Gasteiger partial charge in [0, 0.05) is 0 Å². The van der Waals surface area contributed by atoms with Crippen LogP contribution in [-0.4, -0.2) is 28.7 Å². The smallest absolute Gasteiger partial charge is 0.337 e. The van der Waals surface area contributed by atoms with Crippen LogP contribution in [0.3, 0.4) is 0 Å². The monoisotopic (exact) mass is 377 g/mol. The lowest BCUT2D eigenvalue weighted by Gasteiger charge is -2.13. The largest absolute Gasteiger partial charge is 0.507 e. The molecule has 0 bridgehead atoms. The van der Waals surface area contributed by atoms with Gasteiger partial charge < -0.3 is 20.3 Å². The number of aromatic carboxylic acids is 1. The Labute approximate surface area is 162 Å². The van der Waals surface area contributed by atoms with Gasteiger partial charge in [-0.2, -0.15) is 0 Å². The summed E-state index contributed by atoms with van der Waals surface area (Å²) >= 11 is 0. The van der Waals surface area contributed by atoms with Crippen molar-refractivity contribution in [3.8, 4) is 22.6 Å². The van der Waals surface area contributed by atoms with Crippen LogP contribution < -0.4 is 10.1 Å². The van der Waals surface area contributed by atoms with Crippen LogP contribution in [0.15, 0.2) is 66.7 Å². The third-order valence-corrected chi connectivity index (χ3v) is 4.13. The number of hydrogen-bond donors (Lipinski definition) is 3. The van der Waals surface area contributed by atoms with Crippen molar-refractivity contribution >= 4 is 17.6 Å². The van der Waals surface area contributed by atoms with Crippen LogP contribution in [0.1, 0.15) is 27.6 Å². The van der Waals surface area contributed by atoms with E-state index >= 15 is 0 Å². The zero-order chi connectivity index (χ0) is 20.1. The zero-order valence-corrected chi connectivity index (χ0v) is 15.2. The normalized spacial score (nSPS) is 10.3. The summed E-state index contributed by atoms with van der Waals surface area (Å²) in [6.45, 7) is 2.22. The van der Waals surface area contributed by atoms with E-state index in [9.17, 15) is 19.8 Å². The molecule has 0 aliphatic carbocycles. The van der Waals surface area contributed by atoms with Crippen molar-refractivity contribution in [3.63, 3.8) is 0 Å². The van der Waals surface area contributed by atoms with E-state index in [0.717, 1.165) is 11.1 Å². The Hall–Kier alpha value is -3.80. The molecule has 28 heavy (non-hydrogen) atoms. The number of amides is 1. The summed E-state index contributed by atoms with van der Waals surface area (Å²) in [6.07, 6.45) is 0. The van der Waals surface area contributed by atoms with Gasteiger partial charge in [0.2, 0.25) is 0 Å². The predicted molar refractivity (Wildman–Crippen MR) is 106 cm³/mol. The number of ether oxygens (including phenoxy) is 1. The van der Waals surface area contributed by atoms with E-state index in [4.69, 9.17) is 4.74 Å². The first-order chi connectivity index (χ1) is 13.5. The van der Waals surface area contributed by atoms with Crippen molar-refractivity contribution in [2.45, 2.75) is 6.92 Å². The number of anilines is 1. The summed E-state index contributed by atoms with van der Waals surface area (Å²) in [6, 6.07) is 18.4. The van der Waals surface area contributed by atoms with Gasteiger partial charge in [-0.1, -0.05) is 36.4 Å². The molecule has 0 unspecified atom stereocenters. The molecule has 0 aromatic heterocycles. The lowest BCUT2D eigenvalue weighted by Crippen LogP contribution is -2.15. The third kappa shape index (κ3) is 4.12. The summed E-state index contributed by atoms with van der Waals surface area (Å²) in [4.78, 5) is 24.3. The summed E-state index contributed by atoms with van der Waals surface area (Å²) in [5.41, 5.74) is 1.73. The van der Waals surface area contributed by atoms with Crippen LogP contribution in [0.25, 0.3) is 11.1 Å². The maximum absolute atomic E-state index is 12.7. The Morgan fingerprint density at radius 1 is 0.929 bits per heavy atom. The molecule has 3 rings (SSSR count). The standard InChI is InChI=1S/C22H19NO5/c1-2-28-16-9-11-20(24)18(13-16)21(25)23-19-12-15(8-10-17(19)22(26)27)14-6-4-3-5-7-14/h3-13,24H,2H2,1H3,(H,23,25)(H,26,27). The van der Waals surface area contributed by atoms with Crippen molar-refractivity contribution in [2.75, 3.05) is 11.9 Å². The van der Waals surface area contributed by atoms with E-state index in [1.54, 1.807) is 25.1 Å². The molecular weight excluding hydrogens is 358 g/mol. The molecule has 1 amide bonds. The number of benzene rings is 3. The molecule has 0 heterocycles. The predicted octanol–water partition coefficient (Wildman–Crippen LogP) is 4.41. The fraction of sp³-hybridized carbons (Fsp3) is 0.0909. The quantitative estimate of drug-likeness (QED) is 0.591. The van der Waals surface area contributed by atoms with Crippen LogP contribution >= 0.6 is 0 Å². The van der Waals surface area contributed by atoms with Gasteiger partial charge in [0.1, 0.15) is 11.5 Å². The molecule has 142 valence electrons. The molecule has 0 atom stereocenters. The average Bonchev–Trinajstić information content (AvgIpc) is 2.70. The highest BCUT2D eigenvalue weighted by molar-refractivity contribution is 6.09. The van der Waals surface area contributed by atoms with Gasteiger partial charge >= 0.3 is 5.97 Å². The molecule has 0 radical (unpaired) electrons. The molecule has 3 N–H and O–H groups in total. The van der Waals surface area contributed by atoms with E-state index in [1.807, 2.05) is 30.3 Å². The van der Waals surface area contributed by atoms with Crippen molar-refractivity contribution in [1.82, 2.24) is 0 Å². The second-order valence-electron chi connectivity index (χ2n) is 6.00. The number of aromatic hydroxyl groups is 1. The molecule has 0 aliphatic heterocycles. The molecule has 0 saturated carbocycles. The topological polar surface area (TPSA) is 95.9 Å². The van der Waals surface area contributed by atoms with Gasteiger partial charge in [-0.15, -0.1) is 0 Å². The number of phenolic OH excluding ortho intramolecular Hbond substituents is 1. The number of rotatable bonds is 6. The number of phenols is 1. The van der Waals surface area contributed by atoms with Gasteiger partial charge in [-0.25, -0.2) is 4.79 Å². The highest BCUT2D eigenvalue weighted by atomic mass is 16.5. The Bertz CT molecular complexity index is 1010. The number of carboxylic acid groups (broad SMARTS) is 1. The Kier molecular flexibility index (Phi) is 5.60. The molecular formula is C22H19NO5. The van der Waals surface area contributed by atoms with E-state index in [-0.39, 0.29) is 22.6 Å². The SMILES string of the molecule is CCOc1ccc(O)c(C(=O)Nc2cc(-c3ccccc3)ccc2C(=O)O)c1. The van der Waals surface area contributed by atoms with E-state index in [0.29, 0.717) is 12.4 Å². The van der Waals surface area contributed by atoms with Crippen molar-refractivity contribution in [1.29, 1.82) is 0 Å². The first-order valence-electron chi connectivity index (χ1n) is 8.69. The Balaban J connectivity index is 1.97. The minimum Gasteiger partial charge on any atom is -0.507 e. The first-order valence-corrected chi connectivity index (χ1v) is 8.69. The minimum atomic E-state index is -1.16. The first kappa shape index (κ1) is 19.0. The van der Waals surface area contributed by atoms with Gasteiger partial charge in [-0.3, -0.25) is 4.79 Å². The minimum absolute atomic E-state index is 0.00703. The highest BCUT2D eigenvalue weighted by Crippen LogP contribution is 2.28. The molecule has 0 saturated heterocycles. The second kappa shape index (κ2) is 8.26. The van der Waals surface area contributed by atoms with Crippen molar-refractivity contribution < 1.29 is 24.5 Å². The summed E-state index contributed by atoms with van der Waals surface area (Å²) in [5.74, 6) is -1.59. The lowest BCUT2D eigenvalue weighted by molar-refractivity contribution is 0.0698. The molecule has 6 heteroatoms. The maximum atomic E-state index is 12.7. The van der Waals surface area contributed by atoms with E-state index < -0.39 is 11.9 Å². The van der Waals surface area contributed by atoms with E-state index in [1.165, 1.54) is 18.2 Å². The van der Waals surface area contributed by atoms with Gasteiger partial charge in [-0.05, 0) is 48.4 Å². The van der Waals surface area contributed by atoms with Crippen molar-refractivity contribution in [2.24, 2.45) is 0 Å². The fourth-order valence-corrected chi connectivity index (χ4v) is 2.79. The fourth-order valence-electron chi connectivity index (χ4n) is 2.79. The molecule has 0 spiro atoms. The van der Waals surface area contributed by atoms with Crippen LogP contribution in [-0.2, 0) is 0 Å². The second-order valence-corrected chi connectivity index (χ2v) is 6.00. The summed E-state index contributed by atoms with van der Waals surface area (Å²) in [5, 5.41) is 22.1. The van der Waals surface area contributed by atoms with E-state index in [2.05, 4.69) is 5.32 Å². The molecule has 0 fully saturated rings. The Morgan fingerprint density at radius 3 is 2.36 bits per heavy atom. The number of carbonyl (C=O) groups is 2. The van der Waals surface area contributed by atoms with Crippen LogP contribution in [0.4, 0.5) is 5.69 Å². The van der Waals surface area contributed by atoms with Gasteiger partial charge in [0.25, 0.3) is 5.91 Å². The molecule has 3 aromatic carbocycles. The number of hydrogen-bond acceptors (Lipinski definition) is 4. The number of nitrogens with one attached hydrogen (secondary N) is 1. The molecule has 6 nitrogen and oxygen atoms in total. The zero-order valence-electron chi connectivity index (χ0n) is 15.2. The van der Waals surface area contributed by atoms with Crippen molar-refractivity contribution in [3.05, 3.63) is 77.9 Å². The third-order valence-electron chi connectivity index (χ3n) is 4.13. The van der Waals surface area contributed by atoms with Crippen LogP contribution in [0, 0.1) is 0 Å².